The van der Waals surface area contributed by atoms with E-state index in [9.17, 15) is 27.6 Å². The van der Waals surface area contributed by atoms with Crippen LogP contribution in [0.5, 0.6) is 0 Å². The van der Waals surface area contributed by atoms with Crippen molar-refractivity contribution >= 4 is 23.4 Å². The topological polar surface area (TPSA) is 99.5 Å². The maximum Gasteiger partial charge on any atom is 0.417 e. The number of benzene rings is 1. The van der Waals surface area contributed by atoms with Crippen molar-refractivity contribution in [3.8, 4) is 6.07 Å². The number of carbonyl (C=O) groups is 3. The highest BCUT2D eigenvalue weighted by atomic mass is 19.4. The fourth-order valence-corrected chi connectivity index (χ4v) is 5.25. The Hall–Kier alpha value is -2.93. The lowest BCUT2D eigenvalue weighted by Gasteiger charge is -2.35. The number of nitriles is 1. The normalized spacial score (nSPS) is 34.8. The Morgan fingerprint density at radius 1 is 1.27 bits per heavy atom. The first-order valence-electron chi connectivity index (χ1n) is 9.30. The molecular formula is C20H18F3N3O4. The molecule has 158 valence electrons. The van der Waals surface area contributed by atoms with Crippen molar-refractivity contribution in [1.82, 2.24) is 5.32 Å². The number of nitrogens with zero attached hydrogens (tertiary/aromatic N) is 2. The van der Waals surface area contributed by atoms with Crippen LogP contribution in [0.25, 0.3) is 0 Å². The minimum atomic E-state index is -4.82. The molecular weight excluding hydrogens is 403 g/mol. The van der Waals surface area contributed by atoms with Crippen LogP contribution in [-0.2, 0) is 25.3 Å². The summed E-state index contributed by atoms with van der Waals surface area (Å²) in [6.07, 6.45) is -4.52. The van der Waals surface area contributed by atoms with E-state index >= 15 is 0 Å². The average molecular weight is 421 g/mol. The molecule has 3 amide bonds. The first-order chi connectivity index (χ1) is 13.8. The number of fused-ring (bicyclic) bond motifs is 5. The SMILES string of the molecule is CC(=O)N[C@@H]1C[C@@]2(C)O[C@]1(C)[C@@H]1C(=O)N(c3ccc(C#N)c(C(F)(F)F)c3)C(=O)[C@@H]12. The van der Waals surface area contributed by atoms with E-state index in [2.05, 4.69) is 5.32 Å². The third-order valence-corrected chi connectivity index (χ3v) is 6.40. The number of amides is 3. The van der Waals surface area contributed by atoms with Gasteiger partial charge in [-0.2, -0.15) is 18.4 Å². The molecule has 0 aromatic heterocycles. The highest BCUT2D eigenvalue weighted by molar-refractivity contribution is 6.23. The van der Waals surface area contributed by atoms with Crippen LogP contribution in [0.15, 0.2) is 18.2 Å². The number of imide groups is 1. The van der Waals surface area contributed by atoms with Gasteiger partial charge in [0.05, 0.1) is 52.0 Å². The summed E-state index contributed by atoms with van der Waals surface area (Å²) in [4.78, 5) is 38.7. The summed E-state index contributed by atoms with van der Waals surface area (Å²) >= 11 is 0. The minimum Gasteiger partial charge on any atom is -0.365 e. The maximum absolute atomic E-state index is 13.4. The quantitative estimate of drug-likeness (QED) is 0.738. The first kappa shape index (κ1) is 20.3. The van der Waals surface area contributed by atoms with E-state index in [4.69, 9.17) is 10.00 Å². The van der Waals surface area contributed by atoms with E-state index in [-0.39, 0.29) is 11.6 Å². The third-order valence-electron chi connectivity index (χ3n) is 6.40. The molecule has 1 aromatic rings. The molecule has 0 saturated carbocycles. The molecule has 0 spiro atoms. The van der Waals surface area contributed by atoms with Crippen LogP contribution in [-0.4, -0.2) is 35.0 Å². The Bertz CT molecular complexity index is 1030. The number of nitrogens with one attached hydrogen (secondary N) is 1. The molecule has 30 heavy (non-hydrogen) atoms. The number of carbonyl (C=O) groups excluding carboxylic acids is 3. The Balaban J connectivity index is 1.77. The van der Waals surface area contributed by atoms with Crippen LogP contribution >= 0.6 is 0 Å². The van der Waals surface area contributed by atoms with E-state index in [0.29, 0.717) is 12.5 Å². The molecule has 1 N–H and O–H groups in total. The van der Waals surface area contributed by atoms with Crippen LogP contribution in [0.1, 0.15) is 38.3 Å². The number of halogens is 3. The van der Waals surface area contributed by atoms with E-state index in [1.165, 1.54) is 13.0 Å². The largest absolute Gasteiger partial charge is 0.417 e. The molecule has 0 aliphatic carbocycles. The van der Waals surface area contributed by atoms with E-state index in [1.54, 1.807) is 13.8 Å². The van der Waals surface area contributed by atoms with Crippen LogP contribution in [0.4, 0.5) is 18.9 Å². The standard InChI is InChI=1S/C20H18F3N3O4/c1-9(27)25-13-7-18(2)14-15(19(13,3)30-18)17(29)26(16(14)28)11-5-4-10(8-24)12(6-11)20(21,22)23/h4-6,13-15H,7H2,1-3H3,(H,25,27)/t13-,14-,15+,18-,19+/m1/s1. The summed E-state index contributed by atoms with van der Waals surface area (Å²) in [6, 6.07) is 3.71. The molecule has 7 nitrogen and oxygen atoms in total. The van der Waals surface area contributed by atoms with Gasteiger partial charge in [0, 0.05) is 6.92 Å². The van der Waals surface area contributed by atoms with Gasteiger partial charge in [-0.1, -0.05) is 0 Å². The van der Waals surface area contributed by atoms with Gasteiger partial charge in [0.2, 0.25) is 17.7 Å². The second kappa shape index (κ2) is 6.04. The van der Waals surface area contributed by atoms with Crippen LogP contribution in [0.2, 0.25) is 0 Å². The van der Waals surface area contributed by atoms with Crippen molar-refractivity contribution in [2.45, 2.75) is 50.6 Å². The van der Waals surface area contributed by atoms with Crippen molar-refractivity contribution in [2.24, 2.45) is 11.8 Å². The summed E-state index contributed by atoms with van der Waals surface area (Å²) in [6.45, 7) is 4.64. The molecule has 0 radical (unpaired) electrons. The summed E-state index contributed by atoms with van der Waals surface area (Å²) in [5.41, 5.74) is -4.25. The van der Waals surface area contributed by atoms with Gasteiger partial charge in [0.1, 0.15) is 0 Å². The van der Waals surface area contributed by atoms with Gasteiger partial charge in [-0.05, 0) is 38.5 Å². The zero-order valence-corrected chi connectivity index (χ0v) is 16.3. The van der Waals surface area contributed by atoms with Crippen molar-refractivity contribution in [2.75, 3.05) is 4.90 Å². The molecule has 3 heterocycles. The number of anilines is 1. The van der Waals surface area contributed by atoms with Crippen LogP contribution in [0.3, 0.4) is 0 Å². The number of hydrogen-bond donors (Lipinski definition) is 1. The zero-order valence-electron chi connectivity index (χ0n) is 16.3. The molecule has 2 bridgehead atoms. The lowest BCUT2D eigenvalue weighted by Crippen LogP contribution is -2.56. The van der Waals surface area contributed by atoms with Gasteiger partial charge < -0.3 is 10.1 Å². The minimum absolute atomic E-state index is 0.242. The van der Waals surface area contributed by atoms with Crippen molar-refractivity contribution < 1.29 is 32.3 Å². The molecule has 4 rings (SSSR count). The van der Waals surface area contributed by atoms with Gasteiger partial charge in [-0.15, -0.1) is 0 Å². The van der Waals surface area contributed by atoms with E-state index in [1.807, 2.05) is 0 Å². The predicted molar refractivity (Wildman–Crippen MR) is 95.7 cm³/mol. The Labute approximate surface area is 169 Å². The zero-order chi connectivity index (χ0) is 22.2. The molecule has 3 aliphatic rings. The van der Waals surface area contributed by atoms with Crippen LogP contribution < -0.4 is 10.2 Å². The van der Waals surface area contributed by atoms with Gasteiger partial charge >= 0.3 is 6.18 Å². The molecule has 3 saturated heterocycles. The monoisotopic (exact) mass is 421 g/mol. The van der Waals surface area contributed by atoms with Gasteiger partial charge in [0.25, 0.3) is 0 Å². The number of alkyl halides is 3. The van der Waals surface area contributed by atoms with Crippen molar-refractivity contribution in [3.05, 3.63) is 29.3 Å². The average Bonchev–Trinajstić information content (AvgIpc) is 3.14. The number of hydrogen-bond acceptors (Lipinski definition) is 5. The van der Waals surface area contributed by atoms with Gasteiger partial charge in [-0.3, -0.25) is 14.4 Å². The summed E-state index contributed by atoms with van der Waals surface area (Å²) in [5.74, 6) is -3.44. The molecule has 1 aromatic carbocycles. The summed E-state index contributed by atoms with van der Waals surface area (Å²) < 4.78 is 46.1. The van der Waals surface area contributed by atoms with E-state index in [0.717, 1.165) is 17.0 Å². The maximum atomic E-state index is 13.4. The molecule has 3 aliphatic heterocycles. The highest BCUT2D eigenvalue weighted by Gasteiger charge is 2.76. The van der Waals surface area contributed by atoms with Gasteiger partial charge in [-0.25, -0.2) is 4.90 Å². The van der Waals surface area contributed by atoms with Crippen LogP contribution in [0, 0.1) is 23.2 Å². The summed E-state index contributed by atoms with van der Waals surface area (Å²) in [7, 11) is 0. The smallest absolute Gasteiger partial charge is 0.365 e. The van der Waals surface area contributed by atoms with Crippen molar-refractivity contribution in [1.29, 1.82) is 5.26 Å². The number of ether oxygens (including phenoxy) is 1. The molecule has 5 atom stereocenters. The molecule has 10 heteroatoms. The Kier molecular flexibility index (Phi) is 4.10. The Morgan fingerprint density at radius 2 is 1.90 bits per heavy atom. The van der Waals surface area contributed by atoms with Gasteiger partial charge in [0.15, 0.2) is 0 Å². The molecule has 3 fully saturated rings. The fraction of sp³-hybridized carbons (Fsp3) is 0.500. The first-order valence-corrected chi connectivity index (χ1v) is 9.30. The second-order valence-electron chi connectivity index (χ2n) is 8.36. The summed E-state index contributed by atoms with van der Waals surface area (Å²) in [5, 5.41) is 11.7. The second-order valence-corrected chi connectivity index (χ2v) is 8.36. The lowest BCUT2D eigenvalue weighted by atomic mass is 9.66. The Morgan fingerprint density at radius 3 is 2.47 bits per heavy atom. The predicted octanol–water partition coefficient (Wildman–Crippen LogP) is 2.14. The lowest BCUT2D eigenvalue weighted by molar-refractivity contribution is -0.138. The van der Waals surface area contributed by atoms with Crippen molar-refractivity contribution in [3.63, 3.8) is 0 Å². The fourth-order valence-electron chi connectivity index (χ4n) is 5.25. The van der Waals surface area contributed by atoms with E-state index < -0.39 is 58.2 Å². The number of rotatable bonds is 2. The highest BCUT2D eigenvalue weighted by Crippen LogP contribution is 2.61. The molecule has 0 unspecified atom stereocenters. The third kappa shape index (κ3) is 2.58.